The third kappa shape index (κ3) is 2.58. The van der Waals surface area contributed by atoms with E-state index in [4.69, 9.17) is 5.11 Å². The molecule has 0 aliphatic carbocycles. The highest BCUT2D eigenvalue weighted by molar-refractivity contribution is 7.98. The van der Waals surface area contributed by atoms with Crippen LogP contribution in [0.5, 0.6) is 0 Å². The van der Waals surface area contributed by atoms with Gasteiger partial charge in [0.25, 0.3) is 0 Å². The Morgan fingerprint density at radius 3 is 2.53 bits per heavy atom. The van der Waals surface area contributed by atoms with Crippen LogP contribution in [0, 0.1) is 0 Å². The van der Waals surface area contributed by atoms with Gasteiger partial charge in [-0.25, -0.2) is 14.8 Å². The van der Waals surface area contributed by atoms with Gasteiger partial charge in [0.2, 0.25) is 0 Å². The highest BCUT2D eigenvalue weighted by Gasteiger charge is 2.38. The zero-order chi connectivity index (χ0) is 11.6. The van der Waals surface area contributed by atoms with Gasteiger partial charge in [-0.15, -0.1) is 0 Å². The lowest BCUT2D eigenvalue weighted by Crippen LogP contribution is -2.16. The van der Waals surface area contributed by atoms with Crippen molar-refractivity contribution in [3.63, 3.8) is 0 Å². The minimum Gasteiger partial charge on any atom is -0.478 e. The molecule has 1 aromatic heterocycles. The number of nitrogens with zero attached hydrogens (tertiary/aromatic N) is 2. The van der Waals surface area contributed by atoms with Gasteiger partial charge in [-0.2, -0.15) is 13.2 Å². The lowest BCUT2D eigenvalue weighted by molar-refractivity contribution is -0.142. The van der Waals surface area contributed by atoms with E-state index in [0.29, 0.717) is 6.20 Å². The van der Waals surface area contributed by atoms with Crippen LogP contribution in [0.2, 0.25) is 0 Å². The molecule has 0 atom stereocenters. The van der Waals surface area contributed by atoms with Gasteiger partial charge in [0.15, 0.2) is 10.9 Å². The molecule has 0 aliphatic heterocycles. The predicted octanol–water partition coefficient (Wildman–Crippen LogP) is 1.92. The number of aromatic carboxylic acids is 1. The predicted molar refractivity (Wildman–Crippen MR) is 45.8 cm³/mol. The maximum Gasteiger partial charge on any atom is 0.434 e. The van der Waals surface area contributed by atoms with Gasteiger partial charge >= 0.3 is 12.1 Å². The lowest BCUT2D eigenvalue weighted by atomic mass is 10.2. The third-order valence-corrected chi connectivity index (χ3v) is 2.01. The summed E-state index contributed by atoms with van der Waals surface area (Å²) in [7, 11) is 0. The van der Waals surface area contributed by atoms with Crippen molar-refractivity contribution in [2.45, 2.75) is 11.3 Å². The molecule has 1 aromatic rings. The average Bonchev–Trinajstić information content (AvgIpc) is 2.15. The van der Waals surface area contributed by atoms with Crippen molar-refractivity contribution in [3.05, 3.63) is 17.5 Å². The molecule has 0 radical (unpaired) electrons. The largest absolute Gasteiger partial charge is 0.478 e. The van der Waals surface area contributed by atoms with Gasteiger partial charge < -0.3 is 5.11 Å². The number of rotatable bonds is 2. The molecular weight excluding hydrogens is 233 g/mol. The van der Waals surface area contributed by atoms with Crippen LogP contribution in [0.15, 0.2) is 11.4 Å². The van der Waals surface area contributed by atoms with Gasteiger partial charge in [0.1, 0.15) is 5.56 Å². The zero-order valence-electron chi connectivity index (χ0n) is 7.37. The number of hydrogen-bond acceptors (Lipinski definition) is 4. The van der Waals surface area contributed by atoms with E-state index in [0.717, 1.165) is 11.8 Å². The Balaban J connectivity index is 3.36. The van der Waals surface area contributed by atoms with Gasteiger partial charge in [0, 0.05) is 6.20 Å². The van der Waals surface area contributed by atoms with Crippen molar-refractivity contribution in [2.75, 3.05) is 6.26 Å². The van der Waals surface area contributed by atoms with Crippen molar-refractivity contribution < 1.29 is 23.1 Å². The fraction of sp³-hybridized carbons (Fsp3) is 0.286. The minimum absolute atomic E-state index is 0.118. The van der Waals surface area contributed by atoms with Crippen LogP contribution < -0.4 is 0 Å². The Morgan fingerprint density at radius 1 is 1.53 bits per heavy atom. The third-order valence-electron chi connectivity index (χ3n) is 1.45. The fourth-order valence-corrected chi connectivity index (χ4v) is 1.18. The topological polar surface area (TPSA) is 63.1 Å². The van der Waals surface area contributed by atoms with Crippen molar-refractivity contribution in [2.24, 2.45) is 0 Å². The van der Waals surface area contributed by atoms with E-state index in [9.17, 15) is 18.0 Å². The first-order valence-electron chi connectivity index (χ1n) is 3.57. The maximum absolute atomic E-state index is 12.4. The van der Waals surface area contributed by atoms with Crippen molar-refractivity contribution in [1.29, 1.82) is 0 Å². The van der Waals surface area contributed by atoms with E-state index >= 15 is 0 Å². The Hall–Kier alpha value is -1.31. The molecule has 0 aromatic carbocycles. The first-order valence-corrected chi connectivity index (χ1v) is 4.80. The van der Waals surface area contributed by atoms with Gasteiger partial charge in [0.05, 0.1) is 0 Å². The molecule has 0 aliphatic rings. The van der Waals surface area contributed by atoms with E-state index in [-0.39, 0.29) is 5.16 Å². The van der Waals surface area contributed by atoms with Crippen LogP contribution in [0.1, 0.15) is 16.1 Å². The smallest absolute Gasteiger partial charge is 0.434 e. The van der Waals surface area contributed by atoms with Gasteiger partial charge in [-0.05, 0) is 6.26 Å². The lowest BCUT2D eigenvalue weighted by Gasteiger charge is -2.08. The molecule has 8 heteroatoms. The number of carbonyl (C=O) groups is 1. The maximum atomic E-state index is 12.4. The quantitative estimate of drug-likeness (QED) is 0.630. The molecule has 0 unspecified atom stereocenters. The molecule has 82 valence electrons. The number of hydrogen-bond donors (Lipinski definition) is 1. The summed E-state index contributed by atoms with van der Waals surface area (Å²) in [5.41, 5.74) is -2.37. The number of aromatic nitrogens is 2. The number of carboxylic acids is 1. The molecule has 0 bridgehead atoms. The Labute approximate surface area is 86.5 Å². The first kappa shape index (κ1) is 11.8. The molecule has 1 N–H and O–H groups in total. The first-order chi connectivity index (χ1) is 6.86. The van der Waals surface area contributed by atoms with Crippen molar-refractivity contribution in [3.8, 4) is 0 Å². The van der Waals surface area contributed by atoms with E-state index in [2.05, 4.69) is 9.97 Å². The standard InChI is InChI=1S/C7H5F3N2O2S/c1-15-6-11-2-3(5(13)14)4(12-6)7(8,9)10/h2H,1H3,(H,13,14). The molecule has 15 heavy (non-hydrogen) atoms. The van der Waals surface area contributed by atoms with E-state index in [1.54, 1.807) is 0 Å². The van der Waals surface area contributed by atoms with Crippen LogP contribution in [0.25, 0.3) is 0 Å². The second-order valence-electron chi connectivity index (χ2n) is 2.42. The molecular formula is C7H5F3N2O2S. The average molecular weight is 238 g/mol. The van der Waals surface area contributed by atoms with E-state index in [1.165, 1.54) is 6.26 Å². The van der Waals surface area contributed by atoms with Crippen LogP contribution in [0.3, 0.4) is 0 Å². The van der Waals surface area contributed by atoms with Crippen LogP contribution in [-0.2, 0) is 6.18 Å². The Morgan fingerprint density at radius 2 is 2.13 bits per heavy atom. The summed E-state index contributed by atoms with van der Waals surface area (Å²) in [5, 5.41) is 8.39. The normalized spacial score (nSPS) is 11.5. The minimum atomic E-state index is -4.79. The zero-order valence-corrected chi connectivity index (χ0v) is 8.19. The molecule has 1 rings (SSSR count). The highest BCUT2D eigenvalue weighted by Crippen LogP contribution is 2.31. The summed E-state index contributed by atoms with van der Waals surface area (Å²) in [6.07, 6.45) is -2.64. The van der Waals surface area contributed by atoms with Gasteiger partial charge in [-0.1, -0.05) is 11.8 Å². The highest BCUT2D eigenvalue weighted by atomic mass is 32.2. The molecule has 1 heterocycles. The fourth-order valence-electron chi connectivity index (χ4n) is 0.837. The van der Waals surface area contributed by atoms with Crippen molar-refractivity contribution >= 4 is 17.7 Å². The van der Waals surface area contributed by atoms with Crippen molar-refractivity contribution in [1.82, 2.24) is 9.97 Å². The summed E-state index contributed by atoms with van der Waals surface area (Å²) in [6, 6.07) is 0. The summed E-state index contributed by atoms with van der Waals surface area (Å²) >= 11 is 0.904. The second kappa shape index (κ2) is 4.05. The Kier molecular flexibility index (Phi) is 3.18. The van der Waals surface area contributed by atoms with E-state index in [1.807, 2.05) is 0 Å². The second-order valence-corrected chi connectivity index (χ2v) is 3.20. The molecule has 0 fully saturated rings. The van der Waals surface area contributed by atoms with E-state index < -0.39 is 23.4 Å². The number of halogens is 3. The van der Waals surface area contributed by atoms with Crippen LogP contribution in [0.4, 0.5) is 13.2 Å². The molecule has 4 nitrogen and oxygen atoms in total. The number of carboxylic acid groups (broad SMARTS) is 1. The summed E-state index contributed by atoms with van der Waals surface area (Å²) in [6.45, 7) is 0. The molecule has 0 spiro atoms. The Bertz CT molecular complexity index is 394. The molecule has 0 saturated heterocycles. The van der Waals surface area contributed by atoms with Crippen LogP contribution >= 0.6 is 11.8 Å². The summed E-state index contributed by atoms with van der Waals surface area (Å²) < 4.78 is 37.1. The molecule has 0 amide bonds. The van der Waals surface area contributed by atoms with Gasteiger partial charge in [-0.3, -0.25) is 0 Å². The monoisotopic (exact) mass is 238 g/mol. The SMILES string of the molecule is CSc1ncc(C(=O)O)c(C(F)(F)F)n1. The summed E-state index contributed by atoms with van der Waals surface area (Å²) in [4.78, 5) is 17.1. The number of alkyl halides is 3. The number of thioether (sulfide) groups is 1. The molecule has 0 saturated carbocycles. The van der Waals surface area contributed by atoms with Crippen LogP contribution in [-0.4, -0.2) is 27.3 Å². The summed E-state index contributed by atoms with van der Waals surface area (Å²) in [5.74, 6) is -1.70.